The predicted octanol–water partition coefficient (Wildman–Crippen LogP) is 4.72. The molecule has 1 unspecified atom stereocenters. The molecule has 0 aliphatic rings. The van der Waals surface area contributed by atoms with Crippen LogP contribution in [-0.2, 0) is 4.79 Å². The van der Waals surface area contributed by atoms with Gasteiger partial charge in [-0.1, -0.05) is 64.6 Å². The van der Waals surface area contributed by atoms with Crippen molar-refractivity contribution in [1.29, 1.82) is 0 Å². The minimum atomic E-state index is -0.281. The average molecular weight is 287 g/mol. The van der Waals surface area contributed by atoms with Gasteiger partial charge in [0.05, 0.1) is 6.26 Å². The number of nitrogens with one attached hydrogen (secondary N) is 1. The monoisotopic (exact) mass is 287 g/mol. The molecule has 2 aromatic rings. The van der Waals surface area contributed by atoms with Gasteiger partial charge in [0.25, 0.3) is 0 Å². The molecule has 1 N–H and O–H groups in total. The molecule has 2 rings (SSSR count). The van der Waals surface area contributed by atoms with Crippen LogP contribution in [0, 0.1) is 0 Å². The van der Waals surface area contributed by atoms with E-state index in [1.54, 1.807) is 12.3 Å². The molecule has 0 saturated heterocycles. The van der Waals surface area contributed by atoms with Crippen molar-refractivity contribution in [1.82, 2.24) is 5.32 Å². The Balaban J connectivity index is 0.000000921. The molecule has 1 atom stereocenters. The van der Waals surface area contributed by atoms with E-state index < -0.39 is 0 Å². The van der Waals surface area contributed by atoms with E-state index in [2.05, 4.69) is 11.9 Å². The van der Waals surface area contributed by atoms with E-state index in [0.29, 0.717) is 5.76 Å². The number of rotatable bonds is 4. The van der Waals surface area contributed by atoms with E-state index in [9.17, 15) is 4.79 Å². The number of benzene rings is 1. The first kappa shape index (κ1) is 18.7. The van der Waals surface area contributed by atoms with Crippen LogP contribution in [0.1, 0.15) is 45.1 Å². The average Bonchev–Trinajstić information content (AvgIpc) is 3.11. The maximum absolute atomic E-state index is 11.4. The van der Waals surface area contributed by atoms with Crippen molar-refractivity contribution in [2.75, 3.05) is 0 Å². The van der Waals surface area contributed by atoms with Crippen LogP contribution in [-0.4, -0.2) is 5.91 Å². The summed E-state index contributed by atoms with van der Waals surface area (Å²) in [4.78, 5) is 11.4. The van der Waals surface area contributed by atoms with Crippen LogP contribution in [0.25, 0.3) is 0 Å². The normalized spacial score (nSPS) is 10.1. The molecule has 3 heteroatoms. The molecule has 1 aromatic carbocycles. The van der Waals surface area contributed by atoms with Crippen molar-refractivity contribution in [3.8, 4) is 0 Å². The quantitative estimate of drug-likeness (QED) is 0.826. The van der Waals surface area contributed by atoms with Gasteiger partial charge >= 0.3 is 0 Å². The highest BCUT2D eigenvalue weighted by molar-refractivity contribution is 5.87. The lowest BCUT2D eigenvalue weighted by atomic mass is 10.0. The van der Waals surface area contributed by atoms with Crippen LogP contribution in [0.15, 0.2) is 65.8 Å². The molecule has 3 nitrogen and oxygen atoms in total. The summed E-state index contributed by atoms with van der Waals surface area (Å²) in [5.74, 6) is 0.474. The van der Waals surface area contributed by atoms with Gasteiger partial charge in [0.1, 0.15) is 11.8 Å². The molecule has 0 aliphatic heterocycles. The lowest BCUT2D eigenvalue weighted by molar-refractivity contribution is -0.117. The Morgan fingerprint density at radius 3 is 2.19 bits per heavy atom. The molecule has 0 radical (unpaired) electrons. The minimum Gasteiger partial charge on any atom is -0.467 e. The summed E-state index contributed by atoms with van der Waals surface area (Å²) in [6, 6.07) is 13.0. The van der Waals surface area contributed by atoms with Gasteiger partial charge in [-0.15, -0.1) is 0 Å². The van der Waals surface area contributed by atoms with Crippen molar-refractivity contribution in [2.45, 2.75) is 33.7 Å². The molecule has 0 fully saturated rings. The molecule has 1 amide bonds. The first-order valence-corrected chi connectivity index (χ1v) is 7.32. The van der Waals surface area contributed by atoms with Gasteiger partial charge in [0.2, 0.25) is 5.91 Å². The van der Waals surface area contributed by atoms with Gasteiger partial charge in [-0.05, 0) is 23.8 Å². The van der Waals surface area contributed by atoms with Gasteiger partial charge in [-0.2, -0.15) is 0 Å². The first-order chi connectivity index (χ1) is 10.3. The molecular formula is C18H25NO2. The molecule has 114 valence electrons. The molecule has 0 spiro atoms. The number of furan rings is 1. The molecule has 0 saturated carbocycles. The Bertz CT molecular complexity index is 489. The van der Waals surface area contributed by atoms with Gasteiger partial charge < -0.3 is 9.73 Å². The molecular weight excluding hydrogens is 262 g/mol. The van der Waals surface area contributed by atoms with Crippen LogP contribution in [0.5, 0.6) is 0 Å². The third-order valence-electron chi connectivity index (χ3n) is 2.43. The zero-order valence-corrected chi connectivity index (χ0v) is 13.3. The maximum atomic E-state index is 11.4. The highest BCUT2D eigenvalue weighted by Gasteiger charge is 2.17. The summed E-state index contributed by atoms with van der Waals surface area (Å²) in [5, 5.41) is 2.83. The lowest BCUT2D eigenvalue weighted by Crippen LogP contribution is -2.27. The molecule has 21 heavy (non-hydrogen) atoms. The fourth-order valence-electron chi connectivity index (χ4n) is 1.62. The Kier molecular flexibility index (Phi) is 10.3. The highest BCUT2D eigenvalue weighted by Crippen LogP contribution is 2.22. The van der Waals surface area contributed by atoms with Crippen LogP contribution < -0.4 is 5.32 Å². The van der Waals surface area contributed by atoms with E-state index in [1.807, 2.05) is 64.1 Å². The SMILES string of the molecule is C=CC(=O)NC(c1ccccc1)c1ccco1.CC.CC. The van der Waals surface area contributed by atoms with Crippen LogP contribution in [0.3, 0.4) is 0 Å². The van der Waals surface area contributed by atoms with Gasteiger partial charge in [-0.3, -0.25) is 4.79 Å². The van der Waals surface area contributed by atoms with E-state index in [4.69, 9.17) is 4.42 Å². The van der Waals surface area contributed by atoms with E-state index in [1.165, 1.54) is 6.08 Å². The summed E-state index contributed by atoms with van der Waals surface area (Å²) in [6.45, 7) is 11.4. The van der Waals surface area contributed by atoms with Crippen molar-refractivity contribution >= 4 is 5.91 Å². The number of hydrogen-bond donors (Lipinski definition) is 1. The van der Waals surface area contributed by atoms with Crippen molar-refractivity contribution in [3.63, 3.8) is 0 Å². The van der Waals surface area contributed by atoms with E-state index in [0.717, 1.165) is 5.56 Å². The highest BCUT2D eigenvalue weighted by atomic mass is 16.3. The molecule has 1 aromatic heterocycles. The number of amides is 1. The van der Waals surface area contributed by atoms with Gasteiger partial charge in [-0.25, -0.2) is 0 Å². The summed E-state index contributed by atoms with van der Waals surface area (Å²) in [6.07, 6.45) is 2.84. The van der Waals surface area contributed by atoms with E-state index in [-0.39, 0.29) is 11.9 Å². The first-order valence-electron chi connectivity index (χ1n) is 7.32. The second-order valence-electron chi connectivity index (χ2n) is 3.57. The number of carbonyl (C=O) groups is 1. The molecule has 1 heterocycles. The number of carbonyl (C=O) groups excluding carboxylic acids is 1. The standard InChI is InChI=1S/C14H13NO2.2C2H6/c1-2-13(16)15-14(12-9-6-10-17-12)11-7-4-3-5-8-11;2*1-2/h2-10,14H,1H2,(H,15,16);2*1-2H3. The molecule has 0 aliphatic carbocycles. The summed E-state index contributed by atoms with van der Waals surface area (Å²) >= 11 is 0. The Hall–Kier alpha value is -2.29. The fraction of sp³-hybridized carbons (Fsp3) is 0.278. The fourth-order valence-corrected chi connectivity index (χ4v) is 1.62. The van der Waals surface area contributed by atoms with Crippen molar-refractivity contribution in [2.24, 2.45) is 0 Å². The van der Waals surface area contributed by atoms with Crippen LogP contribution in [0.4, 0.5) is 0 Å². The van der Waals surface area contributed by atoms with Crippen LogP contribution in [0.2, 0.25) is 0 Å². The minimum absolute atomic E-state index is 0.227. The molecule has 0 bridgehead atoms. The summed E-state index contributed by atoms with van der Waals surface area (Å²) < 4.78 is 5.35. The zero-order valence-electron chi connectivity index (χ0n) is 13.3. The third kappa shape index (κ3) is 6.13. The third-order valence-corrected chi connectivity index (χ3v) is 2.43. The van der Waals surface area contributed by atoms with Crippen molar-refractivity contribution in [3.05, 3.63) is 72.7 Å². The Labute approximate surface area is 127 Å². The maximum Gasteiger partial charge on any atom is 0.244 e. The number of hydrogen-bond acceptors (Lipinski definition) is 2. The smallest absolute Gasteiger partial charge is 0.244 e. The summed E-state index contributed by atoms with van der Waals surface area (Å²) in [7, 11) is 0. The largest absolute Gasteiger partial charge is 0.467 e. The van der Waals surface area contributed by atoms with Crippen molar-refractivity contribution < 1.29 is 9.21 Å². The second-order valence-corrected chi connectivity index (χ2v) is 3.57. The predicted molar refractivity (Wildman–Crippen MR) is 88.0 cm³/mol. The lowest BCUT2D eigenvalue weighted by Gasteiger charge is -2.15. The van der Waals surface area contributed by atoms with E-state index >= 15 is 0 Å². The Morgan fingerprint density at radius 2 is 1.71 bits per heavy atom. The second kappa shape index (κ2) is 11.5. The topological polar surface area (TPSA) is 42.2 Å². The zero-order chi connectivity index (χ0) is 16.1. The Morgan fingerprint density at radius 1 is 1.10 bits per heavy atom. The summed E-state index contributed by atoms with van der Waals surface area (Å²) in [5.41, 5.74) is 0.970. The van der Waals surface area contributed by atoms with Gasteiger partial charge in [0, 0.05) is 0 Å². The van der Waals surface area contributed by atoms with Crippen LogP contribution >= 0.6 is 0 Å². The van der Waals surface area contributed by atoms with Gasteiger partial charge in [0.15, 0.2) is 0 Å².